The van der Waals surface area contributed by atoms with Crippen LogP contribution in [0.25, 0.3) is 0 Å². The molecular formula is C13H18O6. The summed E-state index contributed by atoms with van der Waals surface area (Å²) in [6.45, 7) is -0.659. The van der Waals surface area contributed by atoms with Gasteiger partial charge in [0.1, 0.15) is 24.4 Å². The van der Waals surface area contributed by atoms with Gasteiger partial charge in [-0.15, -0.1) is 0 Å². The first-order valence-corrected chi connectivity index (χ1v) is 6.10. The highest BCUT2D eigenvalue weighted by Gasteiger charge is 2.36. The zero-order valence-electron chi connectivity index (χ0n) is 10.3. The van der Waals surface area contributed by atoms with Crippen LogP contribution in [0.4, 0.5) is 0 Å². The van der Waals surface area contributed by atoms with Gasteiger partial charge < -0.3 is 29.9 Å². The largest absolute Gasteiger partial charge is 0.394 e. The van der Waals surface area contributed by atoms with Crippen LogP contribution in [0.15, 0.2) is 30.3 Å². The van der Waals surface area contributed by atoms with Crippen LogP contribution in [-0.4, -0.2) is 58.1 Å². The van der Waals surface area contributed by atoms with Gasteiger partial charge in [-0.1, -0.05) is 30.3 Å². The third-order valence-electron chi connectivity index (χ3n) is 3.09. The molecule has 0 aromatic heterocycles. The summed E-state index contributed by atoms with van der Waals surface area (Å²) in [6, 6.07) is 8.99. The Morgan fingerprint density at radius 1 is 1.05 bits per heavy atom. The molecule has 0 bridgehead atoms. The smallest absolute Gasteiger partial charge is 0.184 e. The van der Waals surface area contributed by atoms with Crippen molar-refractivity contribution in [1.29, 1.82) is 0 Å². The zero-order chi connectivity index (χ0) is 13.8. The Morgan fingerprint density at radius 3 is 2.37 bits per heavy atom. The van der Waals surface area contributed by atoms with Crippen molar-refractivity contribution >= 4 is 0 Å². The Bertz CT molecular complexity index is 384. The van der Waals surface area contributed by atoms with Gasteiger partial charge in [-0.2, -0.15) is 0 Å². The maximum Gasteiger partial charge on any atom is 0.184 e. The fourth-order valence-electron chi connectivity index (χ4n) is 1.95. The van der Waals surface area contributed by atoms with Crippen molar-refractivity contribution in [2.45, 2.75) is 30.7 Å². The van der Waals surface area contributed by atoms with Crippen LogP contribution in [0.2, 0.25) is 0 Å². The highest BCUT2D eigenvalue weighted by molar-refractivity contribution is 5.16. The van der Waals surface area contributed by atoms with Gasteiger partial charge in [-0.25, -0.2) is 0 Å². The third-order valence-corrected chi connectivity index (χ3v) is 3.09. The van der Waals surface area contributed by atoms with Crippen LogP contribution >= 0.6 is 0 Å². The fourth-order valence-corrected chi connectivity index (χ4v) is 1.95. The molecule has 1 saturated heterocycles. The highest BCUT2D eigenvalue weighted by atomic mass is 16.7. The van der Waals surface area contributed by atoms with E-state index in [9.17, 15) is 20.4 Å². The summed E-state index contributed by atoms with van der Waals surface area (Å²) in [5, 5.41) is 38.3. The lowest BCUT2D eigenvalue weighted by Crippen LogP contribution is -2.51. The molecule has 1 aliphatic heterocycles. The van der Waals surface area contributed by atoms with Crippen LogP contribution in [0.5, 0.6) is 0 Å². The number of hydrogen-bond acceptors (Lipinski definition) is 6. The average molecular weight is 270 g/mol. The van der Waals surface area contributed by atoms with E-state index >= 15 is 0 Å². The molecule has 6 nitrogen and oxygen atoms in total. The van der Waals surface area contributed by atoms with Crippen LogP contribution in [0, 0.1) is 0 Å². The molecule has 1 aliphatic rings. The SMILES string of the molecule is OC[C@H]1OC(c2ccccc2)OC[C@H](O)[C@@H](O)[C@@H]1O. The van der Waals surface area contributed by atoms with E-state index in [4.69, 9.17) is 9.47 Å². The van der Waals surface area contributed by atoms with Crippen molar-refractivity contribution < 1.29 is 29.9 Å². The van der Waals surface area contributed by atoms with Gasteiger partial charge in [-0.3, -0.25) is 0 Å². The molecular weight excluding hydrogens is 252 g/mol. The molecule has 1 aromatic carbocycles. The lowest BCUT2D eigenvalue weighted by molar-refractivity contribution is -0.256. The topological polar surface area (TPSA) is 99.4 Å². The van der Waals surface area contributed by atoms with Crippen LogP contribution < -0.4 is 0 Å². The van der Waals surface area contributed by atoms with E-state index < -0.39 is 37.3 Å². The second kappa shape index (κ2) is 6.42. The molecule has 106 valence electrons. The molecule has 0 spiro atoms. The van der Waals surface area contributed by atoms with Gasteiger partial charge in [0.15, 0.2) is 6.29 Å². The molecule has 6 heteroatoms. The second-order valence-electron chi connectivity index (χ2n) is 4.48. The minimum Gasteiger partial charge on any atom is -0.394 e. The van der Waals surface area contributed by atoms with E-state index in [1.54, 1.807) is 24.3 Å². The summed E-state index contributed by atoms with van der Waals surface area (Å²) in [7, 11) is 0. The van der Waals surface area contributed by atoms with Crippen molar-refractivity contribution in [3.8, 4) is 0 Å². The van der Waals surface area contributed by atoms with Crippen LogP contribution in [-0.2, 0) is 9.47 Å². The Kier molecular flexibility index (Phi) is 4.87. The van der Waals surface area contributed by atoms with E-state index in [0.29, 0.717) is 5.56 Å². The molecule has 1 fully saturated rings. The van der Waals surface area contributed by atoms with E-state index in [0.717, 1.165) is 0 Å². The van der Waals surface area contributed by atoms with Gasteiger partial charge in [0.25, 0.3) is 0 Å². The Hall–Kier alpha value is -1.02. The number of ether oxygens (including phenoxy) is 2. The summed E-state index contributed by atoms with van der Waals surface area (Å²) in [4.78, 5) is 0. The predicted molar refractivity (Wildman–Crippen MR) is 65.1 cm³/mol. The molecule has 4 N–H and O–H groups in total. The van der Waals surface area contributed by atoms with Gasteiger partial charge in [0.05, 0.1) is 13.2 Å². The second-order valence-corrected chi connectivity index (χ2v) is 4.48. The standard InChI is InChI=1S/C13H18O6/c14-6-10-12(17)11(16)9(15)7-18-13(19-10)8-4-2-1-3-5-8/h1-5,9-17H,6-7H2/t9-,10+,11+,12+,13?/m0/s1. The summed E-state index contributed by atoms with van der Waals surface area (Å²) in [5.41, 5.74) is 0.705. The van der Waals surface area contributed by atoms with Gasteiger partial charge in [-0.05, 0) is 0 Å². The number of benzene rings is 1. The maximum atomic E-state index is 9.83. The zero-order valence-corrected chi connectivity index (χ0v) is 10.3. The number of rotatable bonds is 2. The summed E-state index contributed by atoms with van der Waals surface area (Å²) in [5.74, 6) is 0. The van der Waals surface area contributed by atoms with Gasteiger partial charge >= 0.3 is 0 Å². The van der Waals surface area contributed by atoms with Crippen LogP contribution in [0.3, 0.4) is 0 Å². The Balaban J connectivity index is 2.18. The van der Waals surface area contributed by atoms with Gasteiger partial charge in [0.2, 0.25) is 0 Å². The molecule has 1 heterocycles. The average Bonchev–Trinajstić information content (AvgIpc) is 2.45. The van der Waals surface area contributed by atoms with Crippen molar-refractivity contribution in [3.63, 3.8) is 0 Å². The minimum absolute atomic E-state index is 0.171. The Labute approximate surface area is 110 Å². The molecule has 1 aromatic rings. The molecule has 19 heavy (non-hydrogen) atoms. The normalized spacial score (nSPS) is 36.5. The van der Waals surface area contributed by atoms with Crippen molar-refractivity contribution in [2.24, 2.45) is 0 Å². The van der Waals surface area contributed by atoms with Crippen molar-refractivity contribution in [2.75, 3.05) is 13.2 Å². The molecule has 0 aliphatic carbocycles. The molecule has 5 atom stereocenters. The molecule has 1 unspecified atom stereocenters. The first-order chi connectivity index (χ1) is 9.13. The monoisotopic (exact) mass is 270 g/mol. The van der Waals surface area contributed by atoms with E-state index in [1.165, 1.54) is 0 Å². The highest BCUT2D eigenvalue weighted by Crippen LogP contribution is 2.25. The Morgan fingerprint density at radius 2 is 1.74 bits per heavy atom. The lowest BCUT2D eigenvalue weighted by atomic mass is 10.0. The number of hydrogen-bond donors (Lipinski definition) is 4. The molecule has 0 saturated carbocycles. The fraction of sp³-hybridized carbons (Fsp3) is 0.538. The minimum atomic E-state index is -1.42. The summed E-state index contributed by atoms with van der Waals surface area (Å²) in [6.07, 6.45) is -5.88. The maximum absolute atomic E-state index is 9.83. The van der Waals surface area contributed by atoms with Gasteiger partial charge in [0, 0.05) is 5.56 Å². The number of aliphatic hydroxyl groups excluding tert-OH is 4. The lowest BCUT2D eigenvalue weighted by Gasteiger charge is -2.34. The molecule has 2 rings (SSSR count). The van der Waals surface area contributed by atoms with E-state index in [-0.39, 0.29) is 6.61 Å². The molecule has 0 amide bonds. The number of aliphatic hydroxyl groups is 4. The van der Waals surface area contributed by atoms with E-state index in [1.807, 2.05) is 6.07 Å². The first-order valence-electron chi connectivity index (χ1n) is 6.10. The first kappa shape index (κ1) is 14.4. The quantitative estimate of drug-likeness (QED) is 0.560. The predicted octanol–water partition coefficient (Wildman–Crippen LogP) is -0.824. The third kappa shape index (κ3) is 3.30. The van der Waals surface area contributed by atoms with Crippen molar-refractivity contribution in [3.05, 3.63) is 35.9 Å². The molecule has 0 radical (unpaired) electrons. The summed E-state index contributed by atoms with van der Waals surface area (Å²) >= 11 is 0. The van der Waals surface area contributed by atoms with Crippen molar-refractivity contribution in [1.82, 2.24) is 0 Å². The summed E-state index contributed by atoms with van der Waals surface area (Å²) < 4.78 is 10.8. The van der Waals surface area contributed by atoms with Crippen LogP contribution in [0.1, 0.15) is 11.9 Å². The van der Waals surface area contributed by atoms with E-state index in [2.05, 4.69) is 0 Å².